The van der Waals surface area contributed by atoms with Crippen LogP contribution < -0.4 is 5.32 Å². The predicted molar refractivity (Wildman–Crippen MR) is 65.2 cm³/mol. The maximum absolute atomic E-state index is 12.1. The molecule has 5 heteroatoms. The molecule has 1 aliphatic heterocycles. The topological polar surface area (TPSA) is 45.2 Å². The van der Waals surface area contributed by atoms with Gasteiger partial charge in [-0.25, -0.2) is 4.98 Å². The normalized spacial score (nSPS) is 17.6. The summed E-state index contributed by atoms with van der Waals surface area (Å²) in [6, 6.07) is 0. The SMILES string of the molecule is Cc1nc(C)c(C(=O)CN2CCNCC2)s1. The van der Waals surface area contributed by atoms with Gasteiger partial charge in [0.1, 0.15) is 0 Å². The Labute approximate surface area is 99.7 Å². The van der Waals surface area contributed by atoms with E-state index in [0.717, 1.165) is 41.8 Å². The van der Waals surface area contributed by atoms with E-state index in [1.807, 2.05) is 13.8 Å². The summed E-state index contributed by atoms with van der Waals surface area (Å²) in [7, 11) is 0. The van der Waals surface area contributed by atoms with E-state index < -0.39 is 0 Å². The van der Waals surface area contributed by atoms with Crippen molar-refractivity contribution in [1.29, 1.82) is 0 Å². The zero-order chi connectivity index (χ0) is 11.5. The summed E-state index contributed by atoms with van der Waals surface area (Å²) in [5.41, 5.74) is 0.877. The Balaban J connectivity index is 1.99. The Morgan fingerprint density at radius 3 is 2.69 bits per heavy atom. The van der Waals surface area contributed by atoms with Gasteiger partial charge in [-0.1, -0.05) is 0 Å². The fourth-order valence-corrected chi connectivity index (χ4v) is 2.78. The van der Waals surface area contributed by atoms with E-state index in [9.17, 15) is 4.79 Å². The van der Waals surface area contributed by atoms with Crippen LogP contribution in [0.3, 0.4) is 0 Å². The number of ketones is 1. The minimum atomic E-state index is 0.213. The van der Waals surface area contributed by atoms with Crippen molar-refractivity contribution >= 4 is 17.1 Å². The first-order chi connectivity index (χ1) is 7.66. The van der Waals surface area contributed by atoms with Crippen LogP contribution in [0.2, 0.25) is 0 Å². The number of nitrogens with one attached hydrogen (secondary N) is 1. The predicted octanol–water partition coefficient (Wildman–Crippen LogP) is 0.848. The number of thiazole rings is 1. The van der Waals surface area contributed by atoms with E-state index in [2.05, 4.69) is 15.2 Å². The smallest absolute Gasteiger partial charge is 0.188 e. The molecule has 2 heterocycles. The molecule has 2 rings (SSSR count). The summed E-state index contributed by atoms with van der Waals surface area (Å²) in [6.45, 7) is 8.27. The Kier molecular flexibility index (Phi) is 3.68. The van der Waals surface area contributed by atoms with Gasteiger partial charge in [-0.2, -0.15) is 0 Å². The maximum Gasteiger partial charge on any atom is 0.188 e. The van der Waals surface area contributed by atoms with Gasteiger partial charge in [-0.05, 0) is 13.8 Å². The highest BCUT2D eigenvalue weighted by atomic mass is 32.1. The van der Waals surface area contributed by atoms with Crippen molar-refractivity contribution in [3.05, 3.63) is 15.6 Å². The first kappa shape index (κ1) is 11.7. The quantitative estimate of drug-likeness (QED) is 0.794. The number of aromatic nitrogens is 1. The van der Waals surface area contributed by atoms with E-state index >= 15 is 0 Å². The molecule has 0 aromatic carbocycles. The van der Waals surface area contributed by atoms with Crippen molar-refractivity contribution in [2.45, 2.75) is 13.8 Å². The average Bonchev–Trinajstić information content (AvgIpc) is 2.59. The van der Waals surface area contributed by atoms with E-state index in [0.29, 0.717) is 6.54 Å². The van der Waals surface area contributed by atoms with E-state index in [4.69, 9.17) is 0 Å². The third-order valence-electron chi connectivity index (χ3n) is 2.73. The second-order valence-electron chi connectivity index (χ2n) is 4.10. The Morgan fingerprint density at radius 1 is 1.44 bits per heavy atom. The number of hydrogen-bond donors (Lipinski definition) is 1. The molecule has 0 aliphatic carbocycles. The van der Waals surface area contributed by atoms with Crippen LogP contribution in [0, 0.1) is 13.8 Å². The van der Waals surface area contributed by atoms with Crippen LogP contribution in [0.4, 0.5) is 0 Å². The number of nitrogens with zero attached hydrogens (tertiary/aromatic N) is 2. The molecule has 16 heavy (non-hydrogen) atoms. The lowest BCUT2D eigenvalue weighted by Crippen LogP contribution is -2.45. The third-order valence-corrected chi connectivity index (χ3v) is 3.85. The van der Waals surface area contributed by atoms with E-state index in [1.165, 1.54) is 11.3 Å². The van der Waals surface area contributed by atoms with Crippen molar-refractivity contribution < 1.29 is 4.79 Å². The minimum absolute atomic E-state index is 0.213. The number of carbonyl (C=O) groups excluding carboxylic acids is 1. The first-order valence-corrected chi connectivity index (χ1v) is 6.39. The number of carbonyl (C=O) groups is 1. The molecular formula is C11H17N3OS. The summed E-state index contributed by atoms with van der Waals surface area (Å²) in [6.07, 6.45) is 0. The molecule has 0 saturated carbocycles. The van der Waals surface area contributed by atoms with Gasteiger partial charge < -0.3 is 5.32 Å². The van der Waals surface area contributed by atoms with Crippen LogP contribution in [0.25, 0.3) is 0 Å². The number of aryl methyl sites for hydroxylation is 2. The first-order valence-electron chi connectivity index (χ1n) is 5.57. The molecule has 1 fully saturated rings. The lowest BCUT2D eigenvalue weighted by molar-refractivity contribution is 0.0925. The molecule has 0 spiro atoms. The monoisotopic (exact) mass is 239 g/mol. The maximum atomic E-state index is 12.1. The van der Waals surface area contributed by atoms with Crippen molar-refractivity contribution in [2.75, 3.05) is 32.7 Å². The molecule has 88 valence electrons. The van der Waals surface area contributed by atoms with Gasteiger partial charge in [0.05, 0.1) is 22.1 Å². The standard InChI is InChI=1S/C11H17N3OS/c1-8-11(16-9(2)13-8)10(15)7-14-5-3-12-4-6-14/h12H,3-7H2,1-2H3. The highest BCUT2D eigenvalue weighted by molar-refractivity contribution is 7.13. The molecule has 0 radical (unpaired) electrons. The molecular weight excluding hydrogens is 222 g/mol. The molecule has 1 aromatic rings. The second-order valence-corrected chi connectivity index (χ2v) is 5.30. The van der Waals surface area contributed by atoms with Gasteiger partial charge >= 0.3 is 0 Å². The second kappa shape index (κ2) is 5.03. The fraction of sp³-hybridized carbons (Fsp3) is 0.636. The zero-order valence-electron chi connectivity index (χ0n) is 9.75. The summed E-state index contributed by atoms with van der Waals surface area (Å²) in [4.78, 5) is 19.4. The molecule has 0 amide bonds. The van der Waals surface area contributed by atoms with Gasteiger partial charge in [0, 0.05) is 26.2 Å². The molecule has 1 N–H and O–H groups in total. The highest BCUT2D eigenvalue weighted by Gasteiger charge is 2.18. The molecule has 4 nitrogen and oxygen atoms in total. The van der Waals surface area contributed by atoms with Crippen LogP contribution >= 0.6 is 11.3 Å². The Hall–Kier alpha value is -0.780. The van der Waals surface area contributed by atoms with Gasteiger partial charge in [-0.3, -0.25) is 9.69 Å². The average molecular weight is 239 g/mol. The molecule has 1 saturated heterocycles. The summed E-state index contributed by atoms with van der Waals surface area (Å²) in [5.74, 6) is 0.213. The van der Waals surface area contributed by atoms with Crippen molar-refractivity contribution in [1.82, 2.24) is 15.2 Å². The van der Waals surface area contributed by atoms with Crippen molar-refractivity contribution in [3.8, 4) is 0 Å². The lowest BCUT2D eigenvalue weighted by Gasteiger charge is -2.26. The van der Waals surface area contributed by atoms with Crippen LogP contribution in [0.15, 0.2) is 0 Å². The number of hydrogen-bond acceptors (Lipinski definition) is 5. The lowest BCUT2D eigenvalue weighted by atomic mass is 10.2. The van der Waals surface area contributed by atoms with Gasteiger partial charge in [-0.15, -0.1) is 11.3 Å². The van der Waals surface area contributed by atoms with Gasteiger partial charge in [0.25, 0.3) is 0 Å². The summed E-state index contributed by atoms with van der Waals surface area (Å²) >= 11 is 1.51. The molecule has 1 aromatic heterocycles. The number of rotatable bonds is 3. The van der Waals surface area contributed by atoms with Crippen molar-refractivity contribution in [3.63, 3.8) is 0 Å². The van der Waals surface area contributed by atoms with Crippen molar-refractivity contribution in [2.24, 2.45) is 0 Å². The Morgan fingerprint density at radius 2 is 2.12 bits per heavy atom. The van der Waals surface area contributed by atoms with Gasteiger partial charge in [0.15, 0.2) is 5.78 Å². The van der Waals surface area contributed by atoms with E-state index in [-0.39, 0.29) is 5.78 Å². The fourth-order valence-electron chi connectivity index (χ4n) is 1.93. The molecule has 0 atom stereocenters. The number of Topliss-reactive ketones (excluding diaryl/α,β-unsaturated/α-hetero) is 1. The number of piperazine rings is 1. The zero-order valence-corrected chi connectivity index (χ0v) is 10.6. The van der Waals surface area contributed by atoms with Gasteiger partial charge in [0.2, 0.25) is 0 Å². The van der Waals surface area contributed by atoms with Crippen LogP contribution in [0.1, 0.15) is 20.4 Å². The molecule has 0 unspecified atom stereocenters. The highest BCUT2D eigenvalue weighted by Crippen LogP contribution is 2.18. The minimum Gasteiger partial charge on any atom is -0.314 e. The van der Waals surface area contributed by atoms with Crippen LogP contribution in [-0.4, -0.2) is 48.4 Å². The Bertz CT molecular complexity index is 383. The van der Waals surface area contributed by atoms with Crippen LogP contribution in [-0.2, 0) is 0 Å². The molecule has 0 bridgehead atoms. The van der Waals surface area contributed by atoms with E-state index in [1.54, 1.807) is 0 Å². The third kappa shape index (κ3) is 2.66. The largest absolute Gasteiger partial charge is 0.314 e. The molecule has 1 aliphatic rings. The van der Waals surface area contributed by atoms with Crippen LogP contribution in [0.5, 0.6) is 0 Å². The summed E-state index contributed by atoms with van der Waals surface area (Å²) in [5, 5.41) is 4.25. The summed E-state index contributed by atoms with van der Waals surface area (Å²) < 4.78 is 0.